The number of piperidine rings is 2. The van der Waals surface area contributed by atoms with Crippen LogP contribution in [0.2, 0.25) is 21.0 Å². The van der Waals surface area contributed by atoms with Gasteiger partial charge in [-0.25, -0.2) is 39.5 Å². The van der Waals surface area contributed by atoms with Gasteiger partial charge < -0.3 is 49.5 Å². The normalized spacial score (nSPS) is 13.2. The summed E-state index contributed by atoms with van der Waals surface area (Å²) in [5, 5.41) is 47.4. The highest BCUT2D eigenvalue weighted by Gasteiger charge is 2.31. The molecule has 145 heavy (non-hydrogen) atoms. The number of hydrogen-bond acceptors (Lipinski definition) is 36. The van der Waals surface area contributed by atoms with Crippen LogP contribution in [-0.2, 0) is 24.4 Å². The second-order valence-corrected chi connectivity index (χ2v) is 48.0. The predicted molar refractivity (Wildman–Crippen MR) is 637 cm³/mol. The summed E-state index contributed by atoms with van der Waals surface area (Å²) in [4.78, 5) is 139. The van der Waals surface area contributed by atoms with E-state index in [2.05, 4.69) is 246 Å². The fourth-order valence-electron chi connectivity index (χ4n) is 14.3. The summed E-state index contributed by atoms with van der Waals surface area (Å²) < 4.78 is 43.0. The van der Waals surface area contributed by atoms with Crippen LogP contribution in [0, 0.1) is 59.0 Å². The lowest BCUT2D eigenvalue weighted by Crippen LogP contribution is -2.50. The van der Waals surface area contributed by atoms with Gasteiger partial charge in [0.05, 0.1) is 120 Å². The average Bonchev–Trinajstić information content (AvgIpc) is 1.68. The van der Waals surface area contributed by atoms with E-state index >= 15 is 0 Å². The first-order chi connectivity index (χ1) is 69.5. The molecule has 2 fully saturated rings. The second-order valence-electron chi connectivity index (χ2n) is 31.4. The number of carbonyl (C=O) groups is 1. The molecule has 2 aliphatic heterocycles. The number of nitrogens with one attached hydrogen (secondary N) is 4. The molecule has 2 saturated heterocycles. The summed E-state index contributed by atoms with van der Waals surface area (Å²) in [6.07, 6.45) is 3.16. The van der Waals surface area contributed by atoms with Crippen molar-refractivity contribution in [3.63, 3.8) is 0 Å². The minimum Gasteiger partial charge on any atom is -0.480 e. The van der Waals surface area contributed by atoms with Gasteiger partial charge >= 0.3 is 23.8 Å². The monoisotopic (exact) mass is 2960 g/mol. The van der Waals surface area contributed by atoms with E-state index in [1.54, 1.807) is 77.4 Å². The van der Waals surface area contributed by atoms with Gasteiger partial charge in [0.1, 0.15) is 71.6 Å². The molecule has 35 nitrogen and oxygen atoms in total. The molecule has 0 spiro atoms. The molecule has 21 rings (SSSR count). The highest BCUT2D eigenvalue weighted by atomic mass is 127. The number of carbonyl (C=O) groups excluding carboxylic acids is 1. The number of halogens is 11. The Labute approximate surface area is 969 Å². The van der Waals surface area contributed by atoms with Crippen molar-refractivity contribution in [3.8, 4) is 42.0 Å². The lowest BCUT2D eigenvalue weighted by Gasteiger charge is -2.35. The van der Waals surface area contributed by atoms with Gasteiger partial charge in [-0.05, 0) is 286 Å². The molecule has 18 heterocycles. The number of methoxy groups -OCH3 is 4. The van der Waals surface area contributed by atoms with Crippen molar-refractivity contribution in [2.24, 2.45) is 5.73 Å². The molecule has 748 valence electrons. The number of rotatable bonds is 13. The van der Waals surface area contributed by atoms with Crippen LogP contribution in [0.25, 0.3) is 81.7 Å². The number of amides is 1. The summed E-state index contributed by atoms with van der Waals surface area (Å²) in [7, 11) is 6.25. The number of hydrogen-bond donors (Lipinski definition) is 5. The van der Waals surface area contributed by atoms with Crippen molar-refractivity contribution in [2.75, 3.05) is 64.4 Å². The largest absolute Gasteiger partial charge is 0.480 e. The van der Waals surface area contributed by atoms with E-state index in [4.69, 9.17) is 91.1 Å². The fraction of sp³-hybridized carbons (Fsp3) is 0.231. The molecule has 19 aromatic rings. The lowest BCUT2D eigenvalue weighted by molar-refractivity contribution is 0.0499. The van der Waals surface area contributed by atoms with E-state index in [1.807, 2.05) is 118 Å². The zero-order valence-electron chi connectivity index (χ0n) is 76.0. The average molecular weight is 2970 g/mol. The van der Waals surface area contributed by atoms with Crippen molar-refractivity contribution in [1.29, 1.82) is 15.8 Å². The molecule has 54 heteroatoms. The van der Waals surface area contributed by atoms with Gasteiger partial charge in [0.2, 0.25) is 39.5 Å². The van der Waals surface area contributed by atoms with E-state index in [-0.39, 0.29) is 68.8 Å². The Morgan fingerprint density at radius 1 is 0.462 bits per heavy atom. The Hall–Kier alpha value is -8.45. The topological polar surface area (TPSA) is 473 Å². The number of aromatic amines is 3. The number of thiophene rings is 8. The molecular weight excluding hydrogens is 2890 g/mol. The second kappa shape index (κ2) is 51.4. The number of nitrogens with two attached hydrogens (primary N) is 1. The number of H-pyrrole nitrogens is 3. The molecule has 6 N–H and O–H groups in total. The van der Waals surface area contributed by atoms with E-state index in [1.165, 1.54) is 79.7 Å². The minimum absolute atomic E-state index is 0.0604. The SMILES string of the molecule is CC(C)(C)OC(=O)N[C@@H]1CCCN(c2nc3c(I)csc3c(=O)n2Cc2ccccc2C#N)C1.COc1nc(OC)c2scc(I)c2n1.COc1nc(OC)c2sccc2n1.Clc1nc(Cl)c2scc(I)c2n1.N#Cc1ccccc1Cn1c(Cl)nc2c(I)csc2c1=O.N#Cc1ccccc1Cn1c(N2CCC[C@@H](N)C2)nc2c(I)csc2c1=O.O=c1[nH]c(=O)c2scc(I)c2[nH]1.O=c1[nH]c(Cl)nc2c(I)csc12. The Kier molecular flexibility index (Phi) is 39.7. The van der Waals surface area contributed by atoms with Crippen molar-refractivity contribution < 1.29 is 28.5 Å². The van der Waals surface area contributed by atoms with Crippen LogP contribution >= 0.6 is 295 Å². The smallest absolute Gasteiger partial charge is 0.407 e. The number of alkyl carbamates (subject to hydrolysis) is 1. The molecule has 0 unspecified atom stereocenters. The standard InChI is InChI=1S/C24H26IN5O3S.C19H18IN5OS.C14H7ClIN3OS.C8H7IN2O2S.C8H8N2O2S.C6HCl2IN2S.C6H2ClIN2OS.C6H3IN2O2S/c1-24(2,3)33-23(32)27-17-9-6-10-29(13-17)22-28-19-18(25)14-34-20(19)21(31)30(22)12-16-8-5-4-7-15(16)11-26;20-15-11-27-17-16(15)23-19(24-7-3-6-14(22)10-24)25(18(17)26)9-13-5-2-1-4-12(13)8-21;15-14-18-11-10(16)7-21-12(11)13(20)19(14)6-9-4-2-1-3-8(9)5-17;1-12-7-6-5(4(9)3-14-6)10-8(11-7)13-2;1-11-7-6-5(3-4-13-6)9-8(10-7)12-2;7-5-4-3(2(9)1-12-4)10-6(8)11-5;7-6-9-3-2(8)1-12-4(3)5(11)10-6;7-2-1-12-4-3(2)8-6(11)9-5(4)10/h4-5,7-8,14,17H,6,9-10,12-13H2,1-3H3,(H,27,32);1-2,4-5,11,14H,3,6-7,9-10,22H2;1-4,7H,6H2;3H,1-2H3;3-4H,1-2H3;1H;1H,(H,9,10,11);1H,(H2,8,9,10,11)/t17-;14-;;;;;;/m11....../s1. The van der Waals surface area contributed by atoms with Crippen LogP contribution in [0.15, 0.2) is 151 Å². The summed E-state index contributed by atoms with van der Waals surface area (Å²) in [5.74, 6) is 2.33. The number of fused-ring (bicyclic) bond motifs is 8. The maximum Gasteiger partial charge on any atom is 0.407 e. The Balaban J connectivity index is 0.000000136. The van der Waals surface area contributed by atoms with Crippen molar-refractivity contribution in [1.82, 2.24) is 83.8 Å². The van der Waals surface area contributed by atoms with Crippen LogP contribution in [0.4, 0.5) is 16.7 Å². The molecule has 0 radical (unpaired) electrons. The first-order valence-electron chi connectivity index (χ1n) is 42.2. The van der Waals surface area contributed by atoms with Crippen molar-refractivity contribution in [2.45, 2.75) is 83.8 Å². The number of aromatic nitrogens is 16. The first-order valence-corrected chi connectivity index (χ1v) is 58.3. The third-order valence-corrected chi connectivity index (χ3v) is 38.2. The summed E-state index contributed by atoms with van der Waals surface area (Å²) >= 11 is 49.9. The predicted octanol–water partition coefficient (Wildman–Crippen LogP) is 21.8. The minimum atomic E-state index is -0.574. The summed E-state index contributed by atoms with van der Waals surface area (Å²) in [5.41, 5.74) is 14.3. The lowest BCUT2D eigenvalue weighted by atomic mass is 10.1. The number of nitrogens with zero attached hydrogens (tertiary/aromatic N) is 18. The zero-order chi connectivity index (χ0) is 104. The molecule has 0 bridgehead atoms. The van der Waals surface area contributed by atoms with Crippen molar-refractivity contribution in [3.05, 3.63) is 264 Å². The van der Waals surface area contributed by atoms with Crippen LogP contribution in [0.1, 0.15) is 79.8 Å². The maximum absolute atomic E-state index is 13.6. The van der Waals surface area contributed by atoms with Crippen LogP contribution in [-0.4, -0.2) is 157 Å². The van der Waals surface area contributed by atoms with Gasteiger partial charge in [0.15, 0.2) is 5.15 Å². The molecular formula is C91H72Cl4I7N23O12S8. The van der Waals surface area contributed by atoms with Gasteiger partial charge in [-0.3, -0.25) is 47.6 Å². The molecule has 16 aromatic heterocycles. The van der Waals surface area contributed by atoms with E-state index in [9.17, 15) is 44.1 Å². The van der Waals surface area contributed by atoms with Crippen molar-refractivity contribution >= 4 is 395 Å². The Morgan fingerprint density at radius 3 is 1.39 bits per heavy atom. The first kappa shape index (κ1) is 112. The fourth-order valence-corrected chi connectivity index (χ4v) is 28.2. The van der Waals surface area contributed by atoms with Gasteiger partial charge in [0, 0.05) is 79.5 Å². The number of benzene rings is 3. The highest BCUT2D eigenvalue weighted by Crippen LogP contribution is 2.38. The van der Waals surface area contributed by atoms with Gasteiger partial charge in [-0.2, -0.15) is 35.7 Å². The number of ether oxygens (including phenoxy) is 5. The zero-order valence-corrected chi connectivity index (χ0v) is 101. The van der Waals surface area contributed by atoms with Gasteiger partial charge in [-0.1, -0.05) is 66.2 Å². The Morgan fingerprint density at radius 2 is 0.883 bits per heavy atom. The molecule has 0 saturated carbocycles. The number of nitriles is 3. The summed E-state index contributed by atoms with van der Waals surface area (Å²) in [6, 6.07) is 30.9. The third-order valence-electron chi connectivity index (χ3n) is 20.8. The summed E-state index contributed by atoms with van der Waals surface area (Å²) in [6.45, 7) is 9.03. The molecule has 1 amide bonds. The molecule has 3 aromatic carbocycles. The van der Waals surface area contributed by atoms with Crippen LogP contribution in [0.3, 0.4) is 0 Å². The van der Waals surface area contributed by atoms with Crippen LogP contribution in [0.5, 0.6) is 23.8 Å². The maximum atomic E-state index is 13.6. The van der Waals surface area contributed by atoms with E-state index < -0.39 is 17.4 Å². The Bertz CT molecular complexity index is 8600. The van der Waals surface area contributed by atoms with Crippen LogP contribution < -0.4 is 73.3 Å². The third kappa shape index (κ3) is 27.5. The molecule has 2 aliphatic rings. The van der Waals surface area contributed by atoms with Gasteiger partial charge in [-0.15, -0.1) is 90.7 Å². The number of anilines is 2. The van der Waals surface area contributed by atoms with Gasteiger partial charge in [0.25, 0.3) is 27.8 Å². The highest BCUT2D eigenvalue weighted by molar-refractivity contribution is 14.1. The quantitative estimate of drug-likeness (QED) is 0.0406. The molecule has 0 aliphatic carbocycles. The molecule has 2 atom stereocenters. The van der Waals surface area contributed by atoms with E-state index in [0.29, 0.717) is 129 Å². The van der Waals surface area contributed by atoms with E-state index in [0.717, 1.165) is 110 Å².